The Morgan fingerprint density at radius 3 is 2.48 bits per heavy atom. The van der Waals surface area contributed by atoms with Crippen LogP contribution in [0.2, 0.25) is 0 Å². The highest BCUT2D eigenvalue weighted by molar-refractivity contribution is 6.09. The van der Waals surface area contributed by atoms with Gasteiger partial charge in [0, 0.05) is 13.0 Å². The number of urea groups is 1. The van der Waals surface area contributed by atoms with Crippen molar-refractivity contribution in [2.75, 3.05) is 13.6 Å². The van der Waals surface area contributed by atoms with Gasteiger partial charge in [-0.15, -0.1) is 0 Å². The van der Waals surface area contributed by atoms with E-state index in [9.17, 15) is 19.5 Å². The quantitative estimate of drug-likeness (QED) is 0.789. The van der Waals surface area contributed by atoms with Crippen molar-refractivity contribution in [1.82, 2.24) is 9.80 Å². The number of carbonyl (C=O) groups excluding carboxylic acids is 3. The molecule has 6 nitrogen and oxygen atoms in total. The van der Waals surface area contributed by atoms with Gasteiger partial charge in [-0.05, 0) is 44.4 Å². The highest BCUT2D eigenvalue weighted by Gasteiger charge is 2.58. The molecule has 1 aliphatic heterocycles. The van der Waals surface area contributed by atoms with E-state index in [0.717, 1.165) is 43.4 Å². The van der Waals surface area contributed by atoms with Crippen LogP contribution in [-0.2, 0) is 9.59 Å². The summed E-state index contributed by atoms with van der Waals surface area (Å²) in [5.74, 6) is -0.0353. The van der Waals surface area contributed by atoms with Gasteiger partial charge in [-0.3, -0.25) is 14.5 Å². The molecule has 2 aliphatic carbocycles. The normalized spacial score (nSPS) is 39.4. The number of hydrogen-bond acceptors (Lipinski definition) is 4. The Bertz CT molecular complexity index is 578. The number of Topliss-reactive ketones (excluding diaryl/α,β-unsaturated/α-hetero) is 1. The van der Waals surface area contributed by atoms with E-state index in [2.05, 4.69) is 6.92 Å². The van der Waals surface area contributed by atoms with Crippen LogP contribution in [-0.4, -0.2) is 57.9 Å². The van der Waals surface area contributed by atoms with Crippen molar-refractivity contribution < 1.29 is 19.5 Å². The number of aliphatic hydroxyl groups is 1. The molecule has 0 spiro atoms. The molecule has 0 aromatic heterocycles. The summed E-state index contributed by atoms with van der Waals surface area (Å²) < 4.78 is 0. The molecule has 0 bridgehead atoms. The van der Waals surface area contributed by atoms with Crippen LogP contribution in [0.4, 0.5) is 4.79 Å². The third-order valence-corrected chi connectivity index (χ3v) is 6.89. The standard InChI is InChI=1S/C19H30N2O4/c1-12-6-4-9-15(12)19(2)17(24)21(18(25)20(19)3)11-16(23)13-7-5-8-14(22)10-13/h12-15,22H,4-11H2,1-3H3. The van der Waals surface area contributed by atoms with E-state index in [-0.39, 0.29) is 36.1 Å². The molecule has 2 saturated carbocycles. The zero-order valence-electron chi connectivity index (χ0n) is 15.5. The fourth-order valence-corrected chi connectivity index (χ4v) is 5.15. The monoisotopic (exact) mass is 350 g/mol. The zero-order valence-corrected chi connectivity index (χ0v) is 15.5. The molecule has 1 heterocycles. The summed E-state index contributed by atoms with van der Waals surface area (Å²) in [5, 5.41) is 9.78. The molecule has 1 saturated heterocycles. The first-order valence-corrected chi connectivity index (χ1v) is 9.57. The number of aliphatic hydroxyl groups excluding tert-OH is 1. The van der Waals surface area contributed by atoms with Gasteiger partial charge in [0.2, 0.25) is 0 Å². The minimum Gasteiger partial charge on any atom is -0.393 e. The van der Waals surface area contributed by atoms with Crippen LogP contribution in [0, 0.1) is 17.8 Å². The van der Waals surface area contributed by atoms with Crippen molar-refractivity contribution in [1.29, 1.82) is 0 Å². The van der Waals surface area contributed by atoms with Crippen LogP contribution in [0.3, 0.4) is 0 Å². The van der Waals surface area contributed by atoms with Crippen LogP contribution < -0.4 is 0 Å². The number of likely N-dealkylation sites (N-methyl/N-ethyl adjacent to an activating group) is 1. The summed E-state index contributed by atoms with van der Waals surface area (Å²) in [5.41, 5.74) is -0.848. The Kier molecular flexibility index (Phi) is 4.93. The van der Waals surface area contributed by atoms with Gasteiger partial charge >= 0.3 is 6.03 Å². The molecule has 3 amide bonds. The van der Waals surface area contributed by atoms with Crippen LogP contribution >= 0.6 is 0 Å². The predicted octanol–water partition coefficient (Wildman–Crippen LogP) is 2.20. The fraction of sp³-hybridized carbons (Fsp3) is 0.842. The molecule has 0 aromatic carbocycles. The lowest BCUT2D eigenvalue weighted by Crippen LogP contribution is -2.52. The zero-order chi connectivity index (χ0) is 18.4. The summed E-state index contributed by atoms with van der Waals surface area (Å²) in [6.45, 7) is 3.84. The average Bonchev–Trinajstić information content (AvgIpc) is 3.08. The first kappa shape index (κ1) is 18.4. The molecular formula is C19H30N2O4. The lowest BCUT2D eigenvalue weighted by molar-refractivity contribution is -0.138. The topological polar surface area (TPSA) is 77.9 Å². The molecule has 5 atom stereocenters. The highest BCUT2D eigenvalue weighted by atomic mass is 16.3. The molecule has 25 heavy (non-hydrogen) atoms. The Hall–Kier alpha value is -1.43. The smallest absolute Gasteiger partial charge is 0.327 e. The molecule has 6 heteroatoms. The Labute approximate surface area is 149 Å². The van der Waals surface area contributed by atoms with Gasteiger partial charge in [-0.2, -0.15) is 0 Å². The predicted molar refractivity (Wildman–Crippen MR) is 92.8 cm³/mol. The van der Waals surface area contributed by atoms with E-state index in [1.807, 2.05) is 6.92 Å². The maximum atomic E-state index is 13.1. The van der Waals surface area contributed by atoms with Gasteiger partial charge in [-0.25, -0.2) is 4.79 Å². The highest BCUT2D eigenvalue weighted by Crippen LogP contribution is 2.45. The SMILES string of the molecule is CC1CCCC1C1(C)C(=O)N(CC(=O)C2CCCC(O)C2)C(=O)N1C. The summed E-state index contributed by atoms with van der Waals surface area (Å²) in [6.07, 6.45) is 5.38. The summed E-state index contributed by atoms with van der Waals surface area (Å²) in [7, 11) is 1.68. The Morgan fingerprint density at radius 2 is 1.88 bits per heavy atom. The van der Waals surface area contributed by atoms with Crippen molar-refractivity contribution in [3.05, 3.63) is 0 Å². The molecule has 3 rings (SSSR count). The number of imide groups is 1. The van der Waals surface area contributed by atoms with E-state index in [0.29, 0.717) is 12.3 Å². The lowest BCUT2D eigenvalue weighted by Gasteiger charge is -2.36. The van der Waals surface area contributed by atoms with Gasteiger partial charge < -0.3 is 10.0 Å². The molecule has 3 fully saturated rings. The van der Waals surface area contributed by atoms with Crippen LogP contribution in [0.15, 0.2) is 0 Å². The van der Waals surface area contributed by atoms with Crippen molar-refractivity contribution in [3.8, 4) is 0 Å². The second-order valence-corrected chi connectivity index (χ2v) is 8.38. The average molecular weight is 350 g/mol. The van der Waals surface area contributed by atoms with Crippen molar-refractivity contribution in [3.63, 3.8) is 0 Å². The molecule has 5 unspecified atom stereocenters. The Morgan fingerprint density at radius 1 is 1.20 bits per heavy atom. The molecule has 3 aliphatic rings. The van der Waals surface area contributed by atoms with Gasteiger partial charge in [0.1, 0.15) is 5.54 Å². The molecular weight excluding hydrogens is 320 g/mol. The number of nitrogens with zero attached hydrogens (tertiary/aromatic N) is 2. The second-order valence-electron chi connectivity index (χ2n) is 8.38. The summed E-state index contributed by atoms with van der Waals surface area (Å²) in [4.78, 5) is 41.1. The van der Waals surface area contributed by atoms with E-state index < -0.39 is 11.6 Å². The first-order chi connectivity index (χ1) is 11.8. The van der Waals surface area contributed by atoms with E-state index in [1.54, 1.807) is 11.9 Å². The molecule has 0 radical (unpaired) electrons. The largest absolute Gasteiger partial charge is 0.393 e. The third-order valence-electron chi connectivity index (χ3n) is 6.89. The Balaban J connectivity index is 1.75. The minimum absolute atomic E-state index is 0.0995. The minimum atomic E-state index is -0.848. The van der Waals surface area contributed by atoms with Crippen molar-refractivity contribution in [2.45, 2.75) is 70.4 Å². The van der Waals surface area contributed by atoms with E-state index >= 15 is 0 Å². The van der Waals surface area contributed by atoms with Gasteiger partial charge in [0.05, 0.1) is 12.6 Å². The summed E-state index contributed by atoms with van der Waals surface area (Å²) >= 11 is 0. The van der Waals surface area contributed by atoms with Crippen molar-refractivity contribution >= 4 is 17.7 Å². The van der Waals surface area contributed by atoms with Crippen LogP contribution in [0.25, 0.3) is 0 Å². The number of carbonyl (C=O) groups is 3. The maximum Gasteiger partial charge on any atom is 0.327 e. The number of hydrogen-bond donors (Lipinski definition) is 1. The summed E-state index contributed by atoms with van der Waals surface area (Å²) in [6, 6.07) is -0.365. The lowest BCUT2D eigenvalue weighted by atomic mass is 9.78. The second kappa shape index (κ2) is 6.71. The third kappa shape index (κ3) is 2.98. The number of ketones is 1. The number of amides is 3. The van der Waals surface area contributed by atoms with Crippen LogP contribution in [0.1, 0.15) is 58.8 Å². The molecule has 140 valence electrons. The first-order valence-electron chi connectivity index (χ1n) is 9.57. The van der Waals surface area contributed by atoms with Crippen LogP contribution in [0.5, 0.6) is 0 Å². The molecule has 1 N–H and O–H groups in total. The van der Waals surface area contributed by atoms with E-state index in [4.69, 9.17) is 0 Å². The fourth-order valence-electron chi connectivity index (χ4n) is 5.15. The van der Waals surface area contributed by atoms with Gasteiger partial charge in [-0.1, -0.05) is 26.2 Å². The van der Waals surface area contributed by atoms with Gasteiger partial charge in [0.25, 0.3) is 5.91 Å². The van der Waals surface area contributed by atoms with Gasteiger partial charge in [0.15, 0.2) is 5.78 Å². The maximum absolute atomic E-state index is 13.1. The van der Waals surface area contributed by atoms with Crippen molar-refractivity contribution in [2.24, 2.45) is 17.8 Å². The molecule has 0 aromatic rings. The van der Waals surface area contributed by atoms with E-state index in [1.165, 1.54) is 0 Å². The number of rotatable bonds is 4.